The van der Waals surface area contributed by atoms with E-state index in [1.165, 1.54) is 164 Å². The minimum absolute atomic E-state index is 0.00635. The number of hydrogen-bond acceptors (Lipinski definition) is 4. The van der Waals surface area contributed by atoms with Crippen molar-refractivity contribution < 1.29 is 0 Å². The number of nitrogens with zero attached hydrogens (tertiary/aromatic N) is 6. The fourth-order valence-electron chi connectivity index (χ4n) is 19.3. The van der Waals surface area contributed by atoms with Gasteiger partial charge in [-0.05, 0) is 186 Å². The van der Waals surface area contributed by atoms with Gasteiger partial charge in [-0.25, -0.2) is 0 Å². The van der Waals surface area contributed by atoms with Gasteiger partial charge in [-0.1, -0.05) is 294 Å². The Balaban J connectivity index is 0.686. The molecule has 6 heteroatoms. The van der Waals surface area contributed by atoms with Gasteiger partial charge in [0, 0.05) is 116 Å². The number of anilines is 12. The minimum atomic E-state index is -0.405. The van der Waals surface area contributed by atoms with E-state index >= 15 is 0 Å². The lowest BCUT2D eigenvalue weighted by Gasteiger charge is -2.31. The standard InChI is InChI=1S/C110H84N6/c1-69-41-53-81(54-42-69)113(82-55-43-70(2)44-56-82)107-89-35-21-17-27-74(89)67-97-101(107)93-39-24-40-94-102-98(116(97)104(93)94)68-75-28-18-22-36-90(75)108(102)114(83-57-45-71(3)46-58-83)86-63-51-78(52-64-86)110(7,8)77-49-61-85(62-50-77)112(80-31-13-10-14-32-80)106-88-34-20-16-26-73(88)66-96-100(106)92-38-23-37-91-99-95(115(96)103(91)92)65-72-25-15-19-33-87(72)105(99)111(79-29-11-9-12-30-79)84-59-47-76(48-60-84)109(4,5)6/h9-68H,1-8H3. The first-order valence-corrected chi connectivity index (χ1v) is 40.6. The Morgan fingerprint density at radius 1 is 0.207 bits per heavy atom. The van der Waals surface area contributed by atoms with Crippen LogP contribution in [0.2, 0.25) is 0 Å². The van der Waals surface area contributed by atoms with Gasteiger partial charge in [0.05, 0.1) is 55.8 Å². The quantitative estimate of drug-likeness (QED) is 0.108. The number of aromatic nitrogens is 2. The highest BCUT2D eigenvalue weighted by atomic mass is 15.2. The summed E-state index contributed by atoms with van der Waals surface area (Å²) in [5.74, 6) is 0. The van der Waals surface area contributed by atoms with E-state index in [9.17, 15) is 0 Å². The third-order valence-corrected chi connectivity index (χ3v) is 25.1. The highest BCUT2D eigenvalue weighted by Gasteiger charge is 2.34. The zero-order chi connectivity index (χ0) is 78.0. The number of rotatable bonds is 14. The third kappa shape index (κ3) is 10.6. The summed E-state index contributed by atoms with van der Waals surface area (Å²) in [7, 11) is 0. The van der Waals surface area contributed by atoms with Crippen molar-refractivity contribution >= 4 is 188 Å². The van der Waals surface area contributed by atoms with Crippen molar-refractivity contribution in [3.8, 4) is 0 Å². The fourth-order valence-corrected chi connectivity index (χ4v) is 19.3. The highest BCUT2D eigenvalue weighted by molar-refractivity contribution is 6.36. The van der Waals surface area contributed by atoms with Crippen LogP contribution in [0.15, 0.2) is 364 Å². The molecule has 0 saturated carbocycles. The van der Waals surface area contributed by atoms with Crippen molar-refractivity contribution in [2.24, 2.45) is 0 Å². The van der Waals surface area contributed by atoms with Gasteiger partial charge in [-0.2, -0.15) is 0 Å². The van der Waals surface area contributed by atoms with Crippen LogP contribution < -0.4 is 19.6 Å². The van der Waals surface area contributed by atoms with Crippen LogP contribution in [0.4, 0.5) is 68.2 Å². The monoisotopic (exact) mass is 1490 g/mol. The Labute approximate surface area is 675 Å². The molecule has 0 aliphatic carbocycles. The van der Waals surface area contributed by atoms with Crippen LogP contribution in [0, 0.1) is 20.8 Å². The molecule has 4 aromatic heterocycles. The Bertz CT molecular complexity index is 7580. The van der Waals surface area contributed by atoms with Gasteiger partial charge >= 0.3 is 0 Å². The molecule has 0 spiro atoms. The first-order valence-electron chi connectivity index (χ1n) is 40.6. The molecule has 0 N–H and O–H groups in total. The Morgan fingerprint density at radius 2 is 0.422 bits per heavy atom. The molecule has 0 fully saturated rings. The summed E-state index contributed by atoms with van der Waals surface area (Å²) < 4.78 is 5.18. The van der Waals surface area contributed by atoms with E-state index in [1.54, 1.807) is 0 Å². The molecule has 0 aliphatic rings. The van der Waals surface area contributed by atoms with Crippen molar-refractivity contribution in [3.05, 3.63) is 397 Å². The molecule has 22 rings (SSSR count). The van der Waals surface area contributed by atoms with Crippen LogP contribution in [-0.2, 0) is 10.8 Å². The molecular formula is C110H84N6. The predicted octanol–water partition coefficient (Wildman–Crippen LogP) is 31.0. The highest BCUT2D eigenvalue weighted by Crippen LogP contribution is 2.57. The first-order chi connectivity index (χ1) is 56.7. The lowest BCUT2D eigenvalue weighted by atomic mass is 9.78. The minimum Gasteiger partial charge on any atom is -0.309 e. The summed E-state index contributed by atoms with van der Waals surface area (Å²) in [5, 5.41) is 19.2. The topological polar surface area (TPSA) is 21.8 Å². The van der Waals surface area contributed by atoms with Gasteiger partial charge in [-0.3, -0.25) is 0 Å². The van der Waals surface area contributed by atoms with Crippen LogP contribution >= 0.6 is 0 Å². The maximum absolute atomic E-state index is 2.59. The maximum atomic E-state index is 2.59. The molecule has 0 radical (unpaired) electrons. The van der Waals surface area contributed by atoms with Gasteiger partial charge in [0.1, 0.15) is 0 Å². The molecule has 0 unspecified atom stereocenters. The fraction of sp³-hybridized carbons (Fsp3) is 0.0909. The van der Waals surface area contributed by atoms with E-state index in [1.807, 2.05) is 0 Å². The van der Waals surface area contributed by atoms with Crippen LogP contribution in [0.5, 0.6) is 0 Å². The molecule has 0 bridgehead atoms. The molecule has 116 heavy (non-hydrogen) atoms. The SMILES string of the molecule is Cc1ccc(N(c2ccc(C)cc2)c2c3ccccc3cc3c2c2cccc4c5c(N(c6ccc(C)cc6)c6ccc(C(C)(C)c7ccc(N(c8ccccc8)c8c9ccccc9cc9c8c8cccc%10c%11c(N(c%12ccccc%12)c%12ccc(C(C)(C)C)cc%12)c%12ccccc%12cc%11n9c%108)cc7)cc6)c6ccccc6cc5n3c24)cc1. The van der Waals surface area contributed by atoms with Gasteiger partial charge in [0.25, 0.3) is 0 Å². The van der Waals surface area contributed by atoms with Gasteiger partial charge in [-0.15, -0.1) is 0 Å². The lowest BCUT2D eigenvalue weighted by molar-refractivity contribution is 0.590. The van der Waals surface area contributed by atoms with Gasteiger partial charge in [0.2, 0.25) is 0 Å². The number of aryl methyl sites for hydroxylation is 3. The van der Waals surface area contributed by atoms with Crippen LogP contribution in [0.25, 0.3) is 119 Å². The second-order valence-electron chi connectivity index (χ2n) is 33.5. The summed E-state index contributed by atoms with van der Waals surface area (Å²) in [6.07, 6.45) is 0. The predicted molar refractivity (Wildman–Crippen MR) is 496 cm³/mol. The molecule has 18 aromatic carbocycles. The average molecular weight is 1490 g/mol. The molecule has 0 atom stereocenters. The molecule has 0 saturated heterocycles. The summed E-state index contributed by atoms with van der Waals surface area (Å²) in [6, 6.07) is 137. The molecule has 6 nitrogen and oxygen atoms in total. The largest absolute Gasteiger partial charge is 0.309 e. The van der Waals surface area contributed by atoms with Crippen molar-refractivity contribution in [1.29, 1.82) is 0 Å². The van der Waals surface area contributed by atoms with Gasteiger partial charge < -0.3 is 28.4 Å². The molecule has 554 valence electrons. The lowest BCUT2D eigenvalue weighted by Crippen LogP contribution is -2.19. The van der Waals surface area contributed by atoms with Gasteiger partial charge in [0.15, 0.2) is 0 Å². The van der Waals surface area contributed by atoms with E-state index in [2.05, 4.69) is 448 Å². The molecule has 0 amide bonds. The van der Waals surface area contributed by atoms with Crippen LogP contribution in [0.1, 0.15) is 68.0 Å². The number of para-hydroxylation sites is 4. The Hall–Kier alpha value is -14.2. The second kappa shape index (κ2) is 26.2. The van der Waals surface area contributed by atoms with Crippen LogP contribution in [-0.4, -0.2) is 8.80 Å². The normalized spacial score (nSPS) is 12.3. The smallest absolute Gasteiger partial charge is 0.0640 e. The summed E-state index contributed by atoms with van der Waals surface area (Å²) in [5.41, 5.74) is 27.6. The third-order valence-electron chi connectivity index (χ3n) is 25.1. The van der Waals surface area contributed by atoms with E-state index in [0.717, 1.165) is 56.9 Å². The van der Waals surface area contributed by atoms with E-state index in [4.69, 9.17) is 0 Å². The van der Waals surface area contributed by atoms with E-state index < -0.39 is 5.41 Å². The van der Waals surface area contributed by atoms with Crippen molar-refractivity contribution in [2.45, 2.75) is 66.2 Å². The zero-order valence-corrected chi connectivity index (χ0v) is 66.3. The molecule has 4 heterocycles. The first kappa shape index (κ1) is 68.6. The summed E-state index contributed by atoms with van der Waals surface area (Å²) in [4.78, 5) is 10.1. The summed E-state index contributed by atoms with van der Waals surface area (Å²) >= 11 is 0. The molecular weight excluding hydrogens is 1410 g/mol. The molecule has 22 aromatic rings. The van der Waals surface area contributed by atoms with Crippen molar-refractivity contribution in [1.82, 2.24) is 8.80 Å². The number of fused-ring (bicyclic) bond motifs is 16. The zero-order valence-electron chi connectivity index (χ0n) is 66.3. The van der Waals surface area contributed by atoms with E-state index in [0.29, 0.717) is 0 Å². The van der Waals surface area contributed by atoms with E-state index in [-0.39, 0.29) is 5.41 Å². The van der Waals surface area contributed by atoms with Crippen LogP contribution in [0.3, 0.4) is 0 Å². The summed E-state index contributed by atoms with van der Waals surface area (Å²) in [6.45, 7) is 18.1. The average Bonchev–Trinajstić information content (AvgIpc) is 1.53. The number of hydrogen-bond donors (Lipinski definition) is 0. The number of benzene rings is 18. The van der Waals surface area contributed by atoms with Crippen molar-refractivity contribution in [3.63, 3.8) is 0 Å². The maximum Gasteiger partial charge on any atom is 0.0640 e. The Morgan fingerprint density at radius 3 is 0.681 bits per heavy atom. The second-order valence-corrected chi connectivity index (χ2v) is 33.5. The molecule has 0 aliphatic heterocycles. The van der Waals surface area contributed by atoms with Crippen molar-refractivity contribution in [2.75, 3.05) is 19.6 Å². The Kier molecular flexibility index (Phi) is 15.5.